The van der Waals surface area contributed by atoms with Crippen LogP contribution in [0.1, 0.15) is 16.1 Å². The standard InChI is InChI=1S/C16H14N4O/c1-9-5-2-3-6-10(9)11-7-4-8-12-13(11)14(17)15(16(18)21)20-19-12/h2-8H,1H3,(H2,17,19)(H2,18,21). The summed E-state index contributed by atoms with van der Waals surface area (Å²) in [6.07, 6.45) is 0. The van der Waals surface area contributed by atoms with Crippen LogP contribution in [-0.2, 0) is 0 Å². The number of primary amides is 1. The summed E-state index contributed by atoms with van der Waals surface area (Å²) in [4.78, 5) is 11.4. The Bertz CT molecular complexity index is 858. The molecule has 0 saturated heterocycles. The summed E-state index contributed by atoms with van der Waals surface area (Å²) in [6.45, 7) is 2.02. The van der Waals surface area contributed by atoms with Crippen molar-refractivity contribution in [3.05, 3.63) is 53.7 Å². The van der Waals surface area contributed by atoms with Crippen LogP contribution in [0.3, 0.4) is 0 Å². The second-order valence-corrected chi connectivity index (χ2v) is 4.84. The summed E-state index contributed by atoms with van der Waals surface area (Å²) in [5, 5.41) is 8.57. The van der Waals surface area contributed by atoms with E-state index >= 15 is 0 Å². The first-order valence-electron chi connectivity index (χ1n) is 6.50. The Kier molecular flexibility index (Phi) is 3.02. The highest BCUT2D eigenvalue weighted by Crippen LogP contribution is 2.34. The van der Waals surface area contributed by atoms with E-state index in [-0.39, 0.29) is 11.4 Å². The molecule has 0 unspecified atom stereocenters. The predicted molar refractivity (Wildman–Crippen MR) is 82.6 cm³/mol. The van der Waals surface area contributed by atoms with Gasteiger partial charge in [-0.2, -0.15) is 0 Å². The van der Waals surface area contributed by atoms with E-state index in [1.807, 2.05) is 49.4 Å². The van der Waals surface area contributed by atoms with Gasteiger partial charge in [-0.05, 0) is 29.7 Å². The monoisotopic (exact) mass is 278 g/mol. The molecule has 5 heteroatoms. The van der Waals surface area contributed by atoms with Crippen molar-refractivity contribution >= 4 is 22.5 Å². The van der Waals surface area contributed by atoms with Gasteiger partial charge in [-0.15, -0.1) is 10.2 Å². The molecule has 0 fully saturated rings. The van der Waals surface area contributed by atoms with Crippen molar-refractivity contribution in [1.29, 1.82) is 0 Å². The van der Waals surface area contributed by atoms with Crippen molar-refractivity contribution < 1.29 is 4.79 Å². The van der Waals surface area contributed by atoms with E-state index < -0.39 is 5.91 Å². The Balaban J connectivity index is 2.41. The number of hydrogen-bond donors (Lipinski definition) is 2. The van der Waals surface area contributed by atoms with Gasteiger partial charge in [-0.1, -0.05) is 36.4 Å². The van der Waals surface area contributed by atoms with Crippen LogP contribution >= 0.6 is 0 Å². The Labute approximate surface area is 121 Å². The Morgan fingerprint density at radius 1 is 1.00 bits per heavy atom. The maximum absolute atomic E-state index is 11.4. The highest BCUT2D eigenvalue weighted by Gasteiger charge is 2.16. The van der Waals surface area contributed by atoms with Gasteiger partial charge in [0.05, 0.1) is 11.2 Å². The van der Waals surface area contributed by atoms with Crippen molar-refractivity contribution in [3.63, 3.8) is 0 Å². The van der Waals surface area contributed by atoms with E-state index in [9.17, 15) is 4.79 Å². The molecule has 2 aromatic carbocycles. The fourth-order valence-corrected chi connectivity index (χ4v) is 2.46. The number of anilines is 1. The van der Waals surface area contributed by atoms with Crippen molar-refractivity contribution in [1.82, 2.24) is 10.2 Å². The molecule has 1 heterocycles. The first-order chi connectivity index (χ1) is 10.1. The normalized spacial score (nSPS) is 10.7. The van der Waals surface area contributed by atoms with Crippen LogP contribution in [0.4, 0.5) is 5.69 Å². The second kappa shape index (κ2) is 4.86. The number of nitrogens with zero attached hydrogens (tertiary/aromatic N) is 2. The number of nitrogens with two attached hydrogens (primary N) is 2. The fourth-order valence-electron chi connectivity index (χ4n) is 2.46. The smallest absolute Gasteiger partial charge is 0.271 e. The van der Waals surface area contributed by atoms with Gasteiger partial charge in [-0.25, -0.2) is 0 Å². The molecule has 4 N–H and O–H groups in total. The maximum Gasteiger partial charge on any atom is 0.271 e. The quantitative estimate of drug-likeness (QED) is 0.751. The lowest BCUT2D eigenvalue weighted by molar-refractivity contribution is 0.0996. The number of aromatic nitrogens is 2. The van der Waals surface area contributed by atoms with Gasteiger partial charge < -0.3 is 11.5 Å². The molecular formula is C16H14N4O. The zero-order valence-corrected chi connectivity index (χ0v) is 11.5. The van der Waals surface area contributed by atoms with Gasteiger partial charge in [0.15, 0.2) is 5.69 Å². The first-order valence-corrected chi connectivity index (χ1v) is 6.50. The number of hydrogen-bond acceptors (Lipinski definition) is 4. The zero-order valence-electron chi connectivity index (χ0n) is 11.5. The molecule has 3 aromatic rings. The molecule has 104 valence electrons. The minimum Gasteiger partial charge on any atom is -0.396 e. The van der Waals surface area contributed by atoms with Crippen LogP contribution in [0.2, 0.25) is 0 Å². The van der Waals surface area contributed by atoms with Gasteiger partial charge in [0.1, 0.15) is 0 Å². The largest absolute Gasteiger partial charge is 0.396 e. The summed E-state index contributed by atoms with van der Waals surface area (Å²) >= 11 is 0. The molecule has 21 heavy (non-hydrogen) atoms. The molecule has 0 saturated carbocycles. The summed E-state index contributed by atoms with van der Waals surface area (Å²) in [5.74, 6) is -0.679. The minimum atomic E-state index is -0.679. The third kappa shape index (κ3) is 2.08. The zero-order chi connectivity index (χ0) is 15.0. The van der Waals surface area contributed by atoms with Gasteiger partial charge in [-0.3, -0.25) is 4.79 Å². The SMILES string of the molecule is Cc1ccccc1-c1cccc2nnc(C(N)=O)c(N)c12. The summed E-state index contributed by atoms with van der Waals surface area (Å²) < 4.78 is 0. The Morgan fingerprint density at radius 2 is 1.71 bits per heavy atom. The number of carbonyl (C=O) groups is 1. The van der Waals surface area contributed by atoms with Crippen LogP contribution in [0.5, 0.6) is 0 Å². The maximum atomic E-state index is 11.4. The van der Waals surface area contributed by atoms with Crippen LogP contribution in [0, 0.1) is 6.92 Å². The number of rotatable bonds is 2. The van der Waals surface area contributed by atoms with Gasteiger partial charge in [0, 0.05) is 5.39 Å². The molecular weight excluding hydrogens is 264 g/mol. The number of aryl methyl sites for hydroxylation is 1. The highest BCUT2D eigenvalue weighted by molar-refractivity contribution is 6.09. The van der Waals surface area contributed by atoms with E-state index in [0.717, 1.165) is 16.7 Å². The highest BCUT2D eigenvalue weighted by atomic mass is 16.1. The lowest BCUT2D eigenvalue weighted by Crippen LogP contribution is -2.16. The number of carbonyl (C=O) groups excluding carboxylic acids is 1. The van der Waals surface area contributed by atoms with E-state index in [4.69, 9.17) is 11.5 Å². The number of amides is 1. The second-order valence-electron chi connectivity index (χ2n) is 4.84. The minimum absolute atomic E-state index is 0.00327. The average molecular weight is 278 g/mol. The fraction of sp³-hybridized carbons (Fsp3) is 0.0625. The first kappa shape index (κ1) is 13.1. The van der Waals surface area contributed by atoms with Crippen molar-refractivity contribution in [2.75, 3.05) is 5.73 Å². The average Bonchev–Trinajstić information content (AvgIpc) is 2.47. The summed E-state index contributed by atoms with van der Waals surface area (Å²) in [5.41, 5.74) is 15.4. The molecule has 0 aliphatic carbocycles. The molecule has 3 rings (SSSR count). The van der Waals surface area contributed by atoms with Gasteiger partial charge in [0.25, 0.3) is 5.91 Å². The molecule has 0 aliphatic rings. The van der Waals surface area contributed by atoms with E-state index in [1.165, 1.54) is 0 Å². The molecule has 0 spiro atoms. The molecule has 1 amide bonds. The lowest BCUT2D eigenvalue weighted by Gasteiger charge is -2.12. The summed E-state index contributed by atoms with van der Waals surface area (Å²) in [7, 11) is 0. The third-order valence-corrected chi connectivity index (χ3v) is 3.49. The molecule has 0 bridgehead atoms. The lowest BCUT2D eigenvalue weighted by atomic mass is 9.96. The van der Waals surface area contributed by atoms with Crippen molar-refractivity contribution in [3.8, 4) is 11.1 Å². The number of benzene rings is 2. The van der Waals surface area contributed by atoms with E-state index in [1.54, 1.807) is 0 Å². The van der Waals surface area contributed by atoms with E-state index in [0.29, 0.717) is 10.9 Å². The number of nitrogen functional groups attached to an aromatic ring is 1. The van der Waals surface area contributed by atoms with Crippen LogP contribution in [-0.4, -0.2) is 16.1 Å². The Hall–Kier alpha value is -2.95. The van der Waals surface area contributed by atoms with Gasteiger partial charge >= 0.3 is 0 Å². The number of fused-ring (bicyclic) bond motifs is 1. The summed E-state index contributed by atoms with van der Waals surface area (Å²) in [6, 6.07) is 13.6. The molecule has 0 aliphatic heterocycles. The van der Waals surface area contributed by atoms with Crippen LogP contribution in [0.15, 0.2) is 42.5 Å². The third-order valence-electron chi connectivity index (χ3n) is 3.49. The van der Waals surface area contributed by atoms with Gasteiger partial charge in [0.2, 0.25) is 0 Å². The Morgan fingerprint density at radius 3 is 2.43 bits per heavy atom. The predicted octanol–water partition coefficient (Wildman–Crippen LogP) is 2.29. The molecule has 0 radical (unpaired) electrons. The van der Waals surface area contributed by atoms with Crippen LogP contribution < -0.4 is 11.5 Å². The van der Waals surface area contributed by atoms with Crippen LogP contribution in [0.25, 0.3) is 22.0 Å². The molecule has 1 aromatic heterocycles. The molecule has 0 atom stereocenters. The topological polar surface area (TPSA) is 94.9 Å². The van der Waals surface area contributed by atoms with E-state index in [2.05, 4.69) is 10.2 Å². The molecule has 5 nitrogen and oxygen atoms in total. The van der Waals surface area contributed by atoms with Crippen molar-refractivity contribution in [2.45, 2.75) is 6.92 Å². The van der Waals surface area contributed by atoms with Crippen molar-refractivity contribution in [2.24, 2.45) is 5.73 Å².